The second-order valence-corrected chi connectivity index (χ2v) is 18.5. The Morgan fingerprint density at radius 2 is 1.07 bits per heavy atom. The van der Waals surface area contributed by atoms with Gasteiger partial charge in [-0.3, -0.25) is 15.0 Å². The monoisotopic (exact) mass is 759 g/mol. The average molecular weight is 760 g/mol. The number of nitrogens with zero attached hydrogens (tertiary/aromatic N) is 5. The van der Waals surface area contributed by atoms with Gasteiger partial charge in [0.25, 0.3) is 0 Å². The van der Waals surface area contributed by atoms with E-state index in [0.717, 1.165) is 66.0 Å². The van der Waals surface area contributed by atoms with Crippen molar-refractivity contribution in [2.75, 3.05) is 0 Å². The van der Waals surface area contributed by atoms with Crippen molar-refractivity contribution in [1.29, 1.82) is 0 Å². The van der Waals surface area contributed by atoms with E-state index in [-0.39, 0.29) is 0 Å². The molecule has 0 saturated carbocycles. The molecule has 0 unspecified atom stereocenters. The van der Waals surface area contributed by atoms with Crippen LogP contribution < -0.4 is 21.0 Å². The standard InChI is InChI=1S/C51H33N5OSi/c1-4-17-43-38(14-1)40-28-31-52-33-45(40)55(43)35-12-11-13-37(32-35)58(48-20-7-9-29-53-48,49-21-8-10-30-54-49)36-24-22-34(23-25-36)56-44-18-5-2-15-39(44)41-26-27-47-50(51(41)56)42-16-3-6-19-46(42)57-47/h1-33H. The van der Waals surface area contributed by atoms with Crippen LogP contribution in [0.2, 0.25) is 0 Å². The highest BCUT2D eigenvalue weighted by Gasteiger charge is 2.44. The van der Waals surface area contributed by atoms with E-state index in [9.17, 15) is 0 Å². The largest absolute Gasteiger partial charge is 0.456 e. The topological polar surface area (TPSA) is 61.7 Å². The van der Waals surface area contributed by atoms with Crippen LogP contribution in [0, 0.1) is 0 Å². The molecular weight excluding hydrogens is 727 g/mol. The molecule has 0 saturated heterocycles. The third kappa shape index (κ3) is 4.62. The van der Waals surface area contributed by atoms with E-state index in [1.165, 1.54) is 31.9 Å². The number of rotatable bonds is 6. The van der Waals surface area contributed by atoms with Gasteiger partial charge in [-0.25, -0.2) is 0 Å². The Hall–Kier alpha value is -7.61. The van der Waals surface area contributed by atoms with Gasteiger partial charge < -0.3 is 13.6 Å². The summed E-state index contributed by atoms with van der Waals surface area (Å²) in [6, 6.07) is 62.8. The van der Waals surface area contributed by atoms with E-state index >= 15 is 0 Å². The lowest BCUT2D eigenvalue weighted by atomic mass is 10.1. The van der Waals surface area contributed by atoms with Crippen molar-refractivity contribution < 1.29 is 4.42 Å². The van der Waals surface area contributed by atoms with E-state index in [2.05, 4.69) is 172 Å². The lowest BCUT2D eigenvalue weighted by Crippen LogP contribution is -2.76. The molecular formula is C51H33N5OSi. The summed E-state index contributed by atoms with van der Waals surface area (Å²) in [4.78, 5) is 14.9. The van der Waals surface area contributed by atoms with Crippen LogP contribution in [0.15, 0.2) is 205 Å². The molecule has 0 radical (unpaired) electrons. The summed E-state index contributed by atoms with van der Waals surface area (Å²) in [6.45, 7) is 0. The number of hydrogen-bond donors (Lipinski definition) is 0. The van der Waals surface area contributed by atoms with E-state index in [0.29, 0.717) is 0 Å². The summed E-state index contributed by atoms with van der Waals surface area (Å²) in [7, 11) is -3.14. The molecule has 58 heavy (non-hydrogen) atoms. The summed E-state index contributed by atoms with van der Waals surface area (Å²) in [5, 5.41) is 11.4. The van der Waals surface area contributed by atoms with Crippen LogP contribution in [0.3, 0.4) is 0 Å². The normalized spacial score (nSPS) is 12.1. The molecule has 0 amide bonds. The second kappa shape index (κ2) is 12.7. The smallest absolute Gasteiger partial charge is 0.223 e. The van der Waals surface area contributed by atoms with Gasteiger partial charge in [0, 0.05) is 67.5 Å². The van der Waals surface area contributed by atoms with E-state index in [1.807, 2.05) is 43.0 Å². The van der Waals surface area contributed by atoms with E-state index < -0.39 is 8.07 Å². The third-order valence-corrected chi connectivity index (χ3v) is 16.3. The number of benzene rings is 6. The molecule has 0 spiro atoms. The van der Waals surface area contributed by atoms with Gasteiger partial charge in [-0.15, -0.1) is 0 Å². The highest BCUT2D eigenvalue weighted by molar-refractivity contribution is 7.19. The molecule has 0 fully saturated rings. The minimum atomic E-state index is -3.14. The fourth-order valence-electron chi connectivity index (χ4n) is 9.43. The lowest BCUT2D eigenvalue weighted by Gasteiger charge is -2.32. The van der Waals surface area contributed by atoms with Crippen LogP contribution in [0.25, 0.3) is 76.9 Å². The highest BCUT2D eigenvalue weighted by atomic mass is 28.3. The van der Waals surface area contributed by atoms with Crippen molar-refractivity contribution in [3.8, 4) is 11.4 Å². The number of aromatic nitrogens is 5. The maximum Gasteiger partial charge on any atom is 0.223 e. The first-order valence-electron chi connectivity index (χ1n) is 19.5. The molecule has 0 aliphatic carbocycles. The van der Waals surface area contributed by atoms with Gasteiger partial charge in [0.1, 0.15) is 11.2 Å². The van der Waals surface area contributed by atoms with Gasteiger partial charge >= 0.3 is 0 Å². The Morgan fingerprint density at radius 1 is 0.414 bits per heavy atom. The lowest BCUT2D eigenvalue weighted by molar-refractivity contribution is 0.669. The van der Waals surface area contributed by atoms with Crippen LogP contribution in [0.5, 0.6) is 0 Å². The maximum absolute atomic E-state index is 6.42. The Bertz CT molecular complexity index is 3420. The van der Waals surface area contributed by atoms with E-state index in [4.69, 9.17) is 14.4 Å². The van der Waals surface area contributed by atoms with E-state index in [1.54, 1.807) is 0 Å². The van der Waals surface area contributed by atoms with Crippen molar-refractivity contribution >= 4 is 94.6 Å². The summed E-state index contributed by atoms with van der Waals surface area (Å²) < 4.78 is 11.2. The van der Waals surface area contributed by atoms with Gasteiger partial charge in [0.15, 0.2) is 0 Å². The molecule has 12 aromatic rings. The van der Waals surface area contributed by atoms with Gasteiger partial charge in [0.05, 0.1) is 33.6 Å². The second-order valence-electron chi connectivity index (χ2n) is 14.8. The molecule has 0 atom stereocenters. The molecule has 272 valence electrons. The van der Waals surface area contributed by atoms with Crippen molar-refractivity contribution in [3.63, 3.8) is 0 Å². The maximum atomic E-state index is 6.42. The summed E-state index contributed by atoms with van der Waals surface area (Å²) in [5.41, 5.74) is 8.41. The van der Waals surface area contributed by atoms with Crippen LogP contribution in [-0.4, -0.2) is 32.2 Å². The molecule has 6 nitrogen and oxygen atoms in total. The quantitative estimate of drug-likeness (QED) is 0.159. The number of fused-ring (bicyclic) bond motifs is 10. The first kappa shape index (κ1) is 32.6. The zero-order valence-electron chi connectivity index (χ0n) is 31.2. The number of furan rings is 1. The first-order valence-corrected chi connectivity index (χ1v) is 21.5. The Labute approximate surface area is 333 Å². The Balaban J connectivity index is 1.12. The fourth-order valence-corrected chi connectivity index (χ4v) is 13.8. The van der Waals surface area contributed by atoms with Gasteiger partial charge in [-0.05, 0) is 95.3 Å². The van der Waals surface area contributed by atoms with Crippen LogP contribution in [0.4, 0.5) is 0 Å². The molecule has 0 bridgehead atoms. The van der Waals surface area contributed by atoms with Gasteiger partial charge in [-0.1, -0.05) is 91.0 Å². The molecule has 0 N–H and O–H groups in total. The minimum absolute atomic E-state index is 0.880. The molecule has 7 heteroatoms. The molecule has 6 aromatic heterocycles. The predicted molar refractivity (Wildman–Crippen MR) is 239 cm³/mol. The summed E-state index contributed by atoms with van der Waals surface area (Å²) in [5.74, 6) is 0. The molecule has 6 aromatic carbocycles. The first-order chi connectivity index (χ1) is 28.8. The molecule has 0 aliphatic heterocycles. The van der Waals surface area contributed by atoms with Crippen LogP contribution in [-0.2, 0) is 0 Å². The third-order valence-electron chi connectivity index (χ3n) is 11.8. The van der Waals surface area contributed by atoms with Crippen molar-refractivity contribution in [1.82, 2.24) is 24.1 Å². The molecule has 12 rings (SSSR count). The fraction of sp³-hybridized carbons (Fsp3) is 0. The molecule has 0 aliphatic rings. The van der Waals surface area contributed by atoms with Crippen molar-refractivity contribution in [3.05, 3.63) is 201 Å². The highest BCUT2D eigenvalue weighted by Crippen LogP contribution is 2.40. The Kier molecular flexibility index (Phi) is 7.15. The number of para-hydroxylation sites is 3. The number of pyridine rings is 3. The van der Waals surface area contributed by atoms with Gasteiger partial charge in [0.2, 0.25) is 8.07 Å². The summed E-state index contributed by atoms with van der Waals surface area (Å²) in [6.07, 6.45) is 7.67. The minimum Gasteiger partial charge on any atom is -0.456 e. The Morgan fingerprint density at radius 3 is 1.81 bits per heavy atom. The number of hydrogen-bond acceptors (Lipinski definition) is 4. The van der Waals surface area contributed by atoms with Crippen molar-refractivity contribution in [2.45, 2.75) is 0 Å². The molecule has 6 heterocycles. The average Bonchev–Trinajstić information content (AvgIpc) is 3.96. The van der Waals surface area contributed by atoms with Crippen LogP contribution in [0.1, 0.15) is 0 Å². The van der Waals surface area contributed by atoms with Crippen LogP contribution >= 0.6 is 0 Å². The van der Waals surface area contributed by atoms with Crippen molar-refractivity contribution in [2.24, 2.45) is 0 Å². The predicted octanol–water partition coefficient (Wildman–Crippen LogP) is 9.34. The zero-order chi connectivity index (χ0) is 38.2. The van der Waals surface area contributed by atoms with Gasteiger partial charge in [-0.2, -0.15) is 0 Å². The summed E-state index contributed by atoms with van der Waals surface area (Å²) >= 11 is 0. The zero-order valence-corrected chi connectivity index (χ0v) is 32.2. The SMILES string of the molecule is c1ccc([Si](c2ccc(-n3c4ccccc4c4ccc5oc6ccccc6c5c43)cc2)(c2cccc(-n3c4ccccc4c4ccncc43)c2)c2ccccn2)nc1.